The number of hydrogen-bond donors (Lipinski definition) is 2. The zero-order valence-electron chi connectivity index (χ0n) is 13.5. The monoisotopic (exact) mass is 326 g/mol. The van der Waals surface area contributed by atoms with Crippen molar-refractivity contribution in [3.8, 4) is 0 Å². The summed E-state index contributed by atoms with van der Waals surface area (Å²) in [7, 11) is 1.25. The number of carbonyl (C=O) groups is 3. The first kappa shape index (κ1) is 17.2. The van der Waals surface area contributed by atoms with Crippen LogP contribution in [0.1, 0.15) is 21.5 Å². The van der Waals surface area contributed by atoms with E-state index in [2.05, 4.69) is 15.4 Å². The van der Waals surface area contributed by atoms with Crippen LogP contribution < -0.4 is 10.6 Å². The Hall–Kier alpha value is -3.15. The smallest absolute Gasteiger partial charge is 0.339 e. The quantitative estimate of drug-likeness (QED) is 0.665. The fourth-order valence-corrected chi connectivity index (χ4v) is 2.14. The second kappa shape index (κ2) is 7.92. The predicted octanol–water partition coefficient (Wildman–Crippen LogP) is 2.04. The molecule has 0 atom stereocenters. The van der Waals surface area contributed by atoms with Gasteiger partial charge in [-0.15, -0.1) is 0 Å². The van der Waals surface area contributed by atoms with E-state index in [0.29, 0.717) is 0 Å². The van der Waals surface area contributed by atoms with Crippen LogP contribution in [-0.4, -0.2) is 24.9 Å². The van der Waals surface area contributed by atoms with Gasteiger partial charge in [0, 0.05) is 6.54 Å². The number of amides is 2. The molecule has 2 N–H and O–H groups in total. The third kappa shape index (κ3) is 4.42. The molecule has 0 saturated carbocycles. The molecule has 2 amide bonds. The molecular formula is C18H18N2O4. The average Bonchev–Trinajstić information content (AvgIpc) is 2.59. The minimum absolute atomic E-state index is 0.180. The highest BCUT2D eigenvalue weighted by Gasteiger charge is 2.17. The van der Waals surface area contributed by atoms with Gasteiger partial charge in [-0.3, -0.25) is 9.59 Å². The molecule has 0 saturated heterocycles. The van der Waals surface area contributed by atoms with E-state index in [4.69, 9.17) is 0 Å². The number of aryl methyl sites for hydroxylation is 1. The minimum atomic E-state index is -0.848. The molecule has 0 heterocycles. The molecule has 24 heavy (non-hydrogen) atoms. The summed E-state index contributed by atoms with van der Waals surface area (Å²) in [4.78, 5) is 35.6. The molecule has 0 aliphatic rings. The Morgan fingerprint density at radius 2 is 1.75 bits per heavy atom. The number of methoxy groups -OCH3 is 1. The Labute approximate surface area is 139 Å². The molecule has 0 aliphatic heterocycles. The van der Waals surface area contributed by atoms with Crippen LogP contribution in [0.4, 0.5) is 5.69 Å². The van der Waals surface area contributed by atoms with Gasteiger partial charge in [-0.05, 0) is 24.6 Å². The fourth-order valence-electron chi connectivity index (χ4n) is 2.14. The van der Waals surface area contributed by atoms with Crippen LogP contribution in [0, 0.1) is 6.92 Å². The van der Waals surface area contributed by atoms with E-state index in [1.165, 1.54) is 19.2 Å². The van der Waals surface area contributed by atoms with Crippen LogP contribution in [0.2, 0.25) is 0 Å². The zero-order valence-corrected chi connectivity index (χ0v) is 13.5. The van der Waals surface area contributed by atoms with Gasteiger partial charge in [-0.25, -0.2) is 4.79 Å². The van der Waals surface area contributed by atoms with Crippen molar-refractivity contribution >= 4 is 23.5 Å². The first-order valence-electron chi connectivity index (χ1n) is 7.33. The minimum Gasteiger partial charge on any atom is -0.465 e. The van der Waals surface area contributed by atoms with Crippen molar-refractivity contribution in [3.05, 3.63) is 65.2 Å². The van der Waals surface area contributed by atoms with Crippen molar-refractivity contribution in [2.75, 3.05) is 12.4 Å². The van der Waals surface area contributed by atoms with E-state index in [0.717, 1.165) is 11.1 Å². The van der Waals surface area contributed by atoms with Gasteiger partial charge in [0.15, 0.2) is 0 Å². The number of benzene rings is 2. The summed E-state index contributed by atoms with van der Waals surface area (Å²) in [5, 5.41) is 4.96. The molecule has 0 bridgehead atoms. The second-order valence-electron chi connectivity index (χ2n) is 5.16. The highest BCUT2D eigenvalue weighted by molar-refractivity contribution is 6.39. The predicted molar refractivity (Wildman–Crippen MR) is 89.4 cm³/mol. The number of ether oxygens (including phenoxy) is 1. The lowest BCUT2D eigenvalue weighted by Gasteiger charge is -2.10. The Bertz CT molecular complexity index is 771. The number of para-hydroxylation sites is 1. The van der Waals surface area contributed by atoms with Crippen molar-refractivity contribution in [2.45, 2.75) is 13.5 Å². The molecule has 2 aromatic rings. The van der Waals surface area contributed by atoms with E-state index < -0.39 is 17.8 Å². The zero-order chi connectivity index (χ0) is 17.5. The summed E-state index contributed by atoms with van der Waals surface area (Å²) in [5.74, 6) is -2.22. The fraction of sp³-hybridized carbons (Fsp3) is 0.167. The number of hydrogen-bond acceptors (Lipinski definition) is 4. The first-order chi connectivity index (χ1) is 11.5. The van der Waals surface area contributed by atoms with Crippen LogP contribution in [0.5, 0.6) is 0 Å². The van der Waals surface area contributed by atoms with Crippen molar-refractivity contribution in [2.24, 2.45) is 0 Å². The summed E-state index contributed by atoms with van der Waals surface area (Å²) in [6.07, 6.45) is 0. The average molecular weight is 326 g/mol. The van der Waals surface area contributed by atoms with Crippen LogP contribution in [0.3, 0.4) is 0 Å². The lowest BCUT2D eigenvalue weighted by atomic mass is 10.1. The van der Waals surface area contributed by atoms with Crippen LogP contribution in [-0.2, 0) is 20.9 Å². The Kier molecular flexibility index (Phi) is 5.68. The van der Waals surface area contributed by atoms with Gasteiger partial charge >= 0.3 is 17.8 Å². The molecule has 2 rings (SSSR count). The maximum Gasteiger partial charge on any atom is 0.339 e. The number of carbonyl (C=O) groups excluding carboxylic acids is 3. The topological polar surface area (TPSA) is 84.5 Å². The van der Waals surface area contributed by atoms with Crippen molar-refractivity contribution < 1.29 is 19.1 Å². The standard InChI is InChI=1S/C18H18N2O4/c1-12-6-5-7-13(10-12)11-19-16(21)17(22)20-15-9-4-3-8-14(15)18(23)24-2/h3-10H,11H2,1-2H3,(H,19,21)(H,20,22). The summed E-state index contributed by atoms with van der Waals surface area (Å²) in [5.41, 5.74) is 2.37. The third-order valence-electron chi connectivity index (χ3n) is 3.32. The molecule has 0 fully saturated rings. The molecule has 0 unspecified atom stereocenters. The second-order valence-corrected chi connectivity index (χ2v) is 5.16. The summed E-state index contributed by atoms with van der Waals surface area (Å²) >= 11 is 0. The van der Waals surface area contributed by atoms with Gasteiger partial charge in [0.25, 0.3) is 0 Å². The highest BCUT2D eigenvalue weighted by atomic mass is 16.5. The lowest BCUT2D eigenvalue weighted by Crippen LogP contribution is -2.35. The van der Waals surface area contributed by atoms with E-state index in [9.17, 15) is 14.4 Å². The normalized spacial score (nSPS) is 9.92. The van der Waals surface area contributed by atoms with Crippen LogP contribution in [0.15, 0.2) is 48.5 Å². The van der Waals surface area contributed by atoms with Gasteiger partial charge in [-0.2, -0.15) is 0 Å². The van der Waals surface area contributed by atoms with Crippen LogP contribution >= 0.6 is 0 Å². The van der Waals surface area contributed by atoms with Crippen molar-refractivity contribution in [1.82, 2.24) is 5.32 Å². The van der Waals surface area contributed by atoms with E-state index in [1.807, 2.05) is 31.2 Å². The van der Waals surface area contributed by atoms with Gasteiger partial charge in [-0.1, -0.05) is 42.0 Å². The summed E-state index contributed by atoms with van der Waals surface area (Å²) < 4.78 is 4.64. The maximum atomic E-state index is 12.0. The number of nitrogens with one attached hydrogen (secondary N) is 2. The Morgan fingerprint density at radius 3 is 2.46 bits per heavy atom. The SMILES string of the molecule is COC(=O)c1ccccc1NC(=O)C(=O)NCc1cccc(C)c1. The highest BCUT2D eigenvalue weighted by Crippen LogP contribution is 2.15. The first-order valence-corrected chi connectivity index (χ1v) is 7.33. The number of rotatable bonds is 4. The molecular weight excluding hydrogens is 308 g/mol. The Balaban J connectivity index is 1.99. The maximum absolute atomic E-state index is 12.0. The van der Waals surface area contributed by atoms with E-state index in [-0.39, 0.29) is 17.8 Å². The van der Waals surface area contributed by atoms with Gasteiger partial charge in [0.2, 0.25) is 0 Å². The van der Waals surface area contributed by atoms with Crippen molar-refractivity contribution in [3.63, 3.8) is 0 Å². The molecule has 0 spiro atoms. The largest absolute Gasteiger partial charge is 0.465 e. The lowest BCUT2D eigenvalue weighted by molar-refractivity contribution is -0.136. The molecule has 6 heteroatoms. The number of esters is 1. The Morgan fingerprint density at radius 1 is 1.00 bits per heavy atom. The molecule has 0 radical (unpaired) electrons. The van der Waals surface area contributed by atoms with Gasteiger partial charge in [0.1, 0.15) is 0 Å². The molecule has 6 nitrogen and oxygen atoms in total. The van der Waals surface area contributed by atoms with E-state index in [1.54, 1.807) is 12.1 Å². The van der Waals surface area contributed by atoms with E-state index >= 15 is 0 Å². The third-order valence-corrected chi connectivity index (χ3v) is 3.32. The van der Waals surface area contributed by atoms with Crippen molar-refractivity contribution in [1.29, 1.82) is 0 Å². The molecule has 124 valence electrons. The van der Waals surface area contributed by atoms with Gasteiger partial charge < -0.3 is 15.4 Å². The molecule has 0 aromatic heterocycles. The molecule has 0 aliphatic carbocycles. The van der Waals surface area contributed by atoms with Crippen LogP contribution in [0.25, 0.3) is 0 Å². The van der Waals surface area contributed by atoms with Gasteiger partial charge in [0.05, 0.1) is 18.4 Å². The summed E-state index contributed by atoms with van der Waals surface area (Å²) in [6, 6.07) is 13.9. The molecule has 2 aromatic carbocycles. The summed E-state index contributed by atoms with van der Waals surface area (Å²) in [6.45, 7) is 2.19. The number of anilines is 1.